The fraction of sp³-hybridized carbons (Fsp3) is 0.548. The van der Waals surface area contributed by atoms with Crippen molar-refractivity contribution in [3.63, 3.8) is 0 Å². The lowest BCUT2D eigenvalue weighted by Crippen LogP contribution is -2.25. The third-order valence-electron chi connectivity index (χ3n) is 8.94. The summed E-state index contributed by atoms with van der Waals surface area (Å²) in [5, 5.41) is 23.3. The summed E-state index contributed by atoms with van der Waals surface area (Å²) >= 11 is 1.50. The van der Waals surface area contributed by atoms with E-state index < -0.39 is 0 Å². The number of aliphatic imine (C=N–C) groups is 1. The molecule has 284 valence electrons. The first-order valence-electron chi connectivity index (χ1n) is 19.0. The number of aromatic nitrogens is 2. The van der Waals surface area contributed by atoms with Crippen LogP contribution in [-0.2, 0) is 12.8 Å². The van der Waals surface area contributed by atoms with Crippen LogP contribution >= 0.6 is 11.3 Å². The molecule has 0 spiro atoms. The van der Waals surface area contributed by atoms with Crippen LogP contribution in [0.3, 0.4) is 0 Å². The van der Waals surface area contributed by atoms with E-state index >= 15 is 0 Å². The van der Waals surface area contributed by atoms with Gasteiger partial charge in [0.25, 0.3) is 0 Å². The summed E-state index contributed by atoms with van der Waals surface area (Å²) in [6, 6.07) is 5.14. The molecular formula is C42H65N9S. The molecule has 0 saturated carbocycles. The minimum atomic E-state index is -0.157. The number of hydrogen-bond acceptors (Lipinski definition) is 10. The van der Waals surface area contributed by atoms with Crippen LogP contribution in [0.4, 0.5) is 10.8 Å². The van der Waals surface area contributed by atoms with Crippen LogP contribution in [0.25, 0.3) is 5.57 Å². The zero-order valence-corrected chi connectivity index (χ0v) is 34.2. The van der Waals surface area contributed by atoms with Crippen molar-refractivity contribution in [1.82, 2.24) is 20.2 Å². The molecule has 0 unspecified atom stereocenters. The van der Waals surface area contributed by atoms with Gasteiger partial charge in [-0.25, -0.2) is 15.0 Å². The molecule has 2 aromatic heterocycles. The van der Waals surface area contributed by atoms with Gasteiger partial charge in [0.15, 0.2) is 11.6 Å². The van der Waals surface area contributed by atoms with Gasteiger partial charge in [-0.2, -0.15) is 5.26 Å². The van der Waals surface area contributed by atoms with Gasteiger partial charge in [-0.3, -0.25) is 0 Å². The van der Waals surface area contributed by atoms with Crippen LogP contribution in [0.2, 0.25) is 0 Å². The molecule has 1 fully saturated rings. The first-order chi connectivity index (χ1) is 25.0. The quantitative estimate of drug-likeness (QED) is 0.112. The fourth-order valence-electron chi connectivity index (χ4n) is 6.68. The Labute approximate surface area is 319 Å². The Hall–Kier alpha value is -4.25. The molecule has 4 rings (SSSR count). The van der Waals surface area contributed by atoms with Gasteiger partial charge in [-0.15, -0.1) is 24.2 Å². The second-order valence-corrected chi connectivity index (χ2v) is 14.1. The third-order valence-corrected chi connectivity index (χ3v) is 10.0. The molecule has 9 nitrogen and oxygen atoms in total. The van der Waals surface area contributed by atoms with Gasteiger partial charge in [0.05, 0.1) is 5.56 Å². The molecule has 0 aromatic carbocycles. The van der Waals surface area contributed by atoms with Crippen LogP contribution < -0.4 is 16.8 Å². The number of fused-ring (bicyclic) bond motifs is 1. The van der Waals surface area contributed by atoms with E-state index in [1.54, 1.807) is 12.3 Å². The highest BCUT2D eigenvalue weighted by molar-refractivity contribution is 7.16. The summed E-state index contributed by atoms with van der Waals surface area (Å²) in [6.45, 7) is 21.5. The lowest BCUT2D eigenvalue weighted by molar-refractivity contribution is 0.296. The summed E-state index contributed by atoms with van der Waals surface area (Å²) in [7, 11) is 2.20. The summed E-state index contributed by atoms with van der Waals surface area (Å²) in [4.78, 5) is 18.2. The van der Waals surface area contributed by atoms with Crippen LogP contribution in [0.5, 0.6) is 0 Å². The number of thiophene rings is 1. The number of nitrogen functional groups attached to an aromatic ring is 1. The second kappa shape index (κ2) is 24.1. The first-order valence-corrected chi connectivity index (χ1v) is 19.8. The van der Waals surface area contributed by atoms with Gasteiger partial charge in [0.2, 0.25) is 0 Å². The maximum Gasteiger partial charge on any atom is 0.157 e. The highest BCUT2D eigenvalue weighted by atomic mass is 32.1. The summed E-state index contributed by atoms with van der Waals surface area (Å²) in [6.07, 6.45) is 20.6. The SMILES string of the molecule is C#C.C=C(C/C(N)=C/C=Nc1cc(CC[C@@H]2CCCN2C)nc(/C(C)=C(\CCC)C(=N)[C@H]2CCCc3sc(N)c(C#N)c32)n1)NC(C)C.CC.CC. The number of terminal acetylenes is 1. The van der Waals surface area contributed by atoms with Gasteiger partial charge in [0, 0.05) is 64.4 Å². The predicted octanol–water partition coefficient (Wildman–Crippen LogP) is 9.48. The van der Waals surface area contributed by atoms with Crippen LogP contribution in [0.1, 0.15) is 140 Å². The van der Waals surface area contributed by atoms with E-state index in [0.717, 1.165) is 84.5 Å². The number of nitrogens with one attached hydrogen (secondary N) is 2. The molecule has 0 radical (unpaired) electrons. The molecule has 0 amide bonds. The molecule has 1 aliphatic heterocycles. The Morgan fingerprint density at radius 2 is 1.92 bits per heavy atom. The fourth-order valence-corrected chi connectivity index (χ4v) is 7.80. The Kier molecular flexibility index (Phi) is 21.2. The number of hydrogen-bond donors (Lipinski definition) is 4. The molecule has 1 aliphatic carbocycles. The monoisotopic (exact) mass is 728 g/mol. The molecule has 6 N–H and O–H groups in total. The summed E-state index contributed by atoms with van der Waals surface area (Å²) in [5.74, 6) is 1.02. The Morgan fingerprint density at radius 1 is 1.23 bits per heavy atom. The minimum Gasteiger partial charge on any atom is -0.402 e. The number of likely N-dealkylation sites (tertiary alicyclic amines) is 1. The van der Waals surface area contributed by atoms with Crippen molar-refractivity contribution in [3.05, 3.63) is 63.2 Å². The lowest BCUT2D eigenvalue weighted by Gasteiger charge is -2.26. The van der Waals surface area contributed by atoms with E-state index in [4.69, 9.17) is 26.4 Å². The number of rotatable bonds is 14. The average Bonchev–Trinajstić information content (AvgIpc) is 3.71. The van der Waals surface area contributed by atoms with E-state index in [2.05, 4.69) is 63.5 Å². The van der Waals surface area contributed by atoms with E-state index in [9.17, 15) is 10.7 Å². The van der Waals surface area contributed by atoms with Crippen LogP contribution in [0.15, 0.2) is 40.7 Å². The van der Waals surface area contributed by atoms with E-state index in [-0.39, 0.29) is 5.92 Å². The normalized spacial score (nSPS) is 17.3. The third kappa shape index (κ3) is 13.1. The van der Waals surface area contributed by atoms with Crippen molar-refractivity contribution in [2.24, 2.45) is 10.7 Å². The number of nitriles is 1. The molecule has 1 saturated heterocycles. The molecule has 2 atom stereocenters. The van der Waals surface area contributed by atoms with Gasteiger partial charge in [-0.05, 0) is 109 Å². The van der Waals surface area contributed by atoms with Crippen molar-refractivity contribution < 1.29 is 0 Å². The van der Waals surface area contributed by atoms with Crippen molar-refractivity contribution in [2.75, 3.05) is 19.3 Å². The second-order valence-electron chi connectivity index (χ2n) is 13.0. The standard InChI is InChI=1S/C36H51N9S.2C2H6.C2H2/c1-7-10-28(34(39)29-12-8-13-31-33(29)30(21-37)35(40)46-31)24(5)36-43-26(14-15-27-11-9-18-45(27)6)20-32(44-36)41-17-16-25(38)19-23(4)42-22(2)3;3*1-2/h16-17,20,22,27,29,39,42H,4,7-15,18-19,38,40H2,1-3,5-6H3;2*1-2H3;1-2H/b25-16-,28-24+,39-34?,41-17?;;;/t27-,29-;;;/m0.../s1. The Morgan fingerprint density at radius 3 is 2.52 bits per heavy atom. The zero-order valence-electron chi connectivity index (χ0n) is 33.4. The van der Waals surface area contributed by atoms with E-state index in [0.29, 0.717) is 52.1 Å². The number of anilines is 1. The average molecular weight is 728 g/mol. The van der Waals surface area contributed by atoms with Gasteiger partial charge < -0.3 is 27.1 Å². The van der Waals surface area contributed by atoms with Crippen LogP contribution in [0, 0.1) is 29.6 Å². The maximum absolute atomic E-state index is 9.92. The van der Waals surface area contributed by atoms with Gasteiger partial charge in [0.1, 0.15) is 11.1 Å². The summed E-state index contributed by atoms with van der Waals surface area (Å²) < 4.78 is 0. The molecule has 3 heterocycles. The molecular weight excluding hydrogens is 663 g/mol. The number of aryl methyl sites for hydroxylation is 2. The lowest BCUT2D eigenvalue weighted by atomic mass is 9.78. The molecule has 2 aromatic rings. The molecule has 10 heteroatoms. The largest absolute Gasteiger partial charge is 0.402 e. The Balaban J connectivity index is 0.00000214. The summed E-state index contributed by atoms with van der Waals surface area (Å²) in [5.41, 5.74) is 18.9. The van der Waals surface area contributed by atoms with E-state index in [1.165, 1.54) is 24.2 Å². The highest BCUT2D eigenvalue weighted by Crippen LogP contribution is 2.44. The number of allylic oxidation sites excluding steroid dienone is 3. The van der Waals surface area contributed by atoms with Crippen molar-refractivity contribution in [2.45, 2.75) is 138 Å². The number of nitrogens with zero attached hydrogens (tertiary/aromatic N) is 5. The van der Waals surface area contributed by atoms with Crippen molar-refractivity contribution in [3.8, 4) is 18.9 Å². The minimum absolute atomic E-state index is 0.157. The first kappa shape index (κ1) is 45.8. The molecule has 2 aliphatic rings. The van der Waals surface area contributed by atoms with Crippen molar-refractivity contribution >= 4 is 39.7 Å². The predicted molar refractivity (Wildman–Crippen MR) is 225 cm³/mol. The topological polar surface area (TPSA) is 153 Å². The maximum atomic E-state index is 9.92. The van der Waals surface area contributed by atoms with Crippen molar-refractivity contribution in [1.29, 1.82) is 10.7 Å². The van der Waals surface area contributed by atoms with E-state index in [1.807, 2.05) is 40.7 Å². The zero-order chi connectivity index (χ0) is 39.4. The van der Waals surface area contributed by atoms with Gasteiger partial charge in [-0.1, -0.05) is 47.6 Å². The molecule has 52 heavy (non-hydrogen) atoms. The van der Waals surface area contributed by atoms with Gasteiger partial charge >= 0.3 is 0 Å². The highest BCUT2D eigenvalue weighted by Gasteiger charge is 2.32. The Bertz CT molecular complexity index is 1600. The number of nitrogens with two attached hydrogens (primary N) is 2. The smallest absolute Gasteiger partial charge is 0.157 e. The van der Waals surface area contributed by atoms with Crippen LogP contribution in [-0.4, -0.2) is 52.5 Å². The molecule has 0 bridgehead atoms.